The standard InChI is InChI=1S/C17H17BrN2O3/c1-12-4-3-5-15(8-12)23-11-17(21)20-19-10-13-9-14(22-2)6-7-16(13)18/h3-10H,11H2,1-2H3,(H,20,21). The van der Waals surface area contributed by atoms with Crippen LogP contribution in [0.5, 0.6) is 11.5 Å². The second kappa shape index (κ2) is 8.33. The summed E-state index contributed by atoms with van der Waals surface area (Å²) in [7, 11) is 1.59. The van der Waals surface area contributed by atoms with Crippen LogP contribution in [-0.4, -0.2) is 25.8 Å². The molecule has 0 fully saturated rings. The summed E-state index contributed by atoms with van der Waals surface area (Å²) in [5.74, 6) is 1.03. The predicted octanol–water partition coefficient (Wildman–Crippen LogP) is 3.30. The number of ether oxygens (including phenoxy) is 2. The molecule has 2 rings (SSSR count). The van der Waals surface area contributed by atoms with Gasteiger partial charge in [0, 0.05) is 10.0 Å². The maximum Gasteiger partial charge on any atom is 0.277 e. The highest BCUT2D eigenvalue weighted by Crippen LogP contribution is 2.20. The second-order valence-corrected chi connectivity index (χ2v) is 5.64. The third-order valence-electron chi connectivity index (χ3n) is 2.96. The summed E-state index contributed by atoms with van der Waals surface area (Å²) in [6.07, 6.45) is 1.54. The average molecular weight is 377 g/mol. The molecule has 0 aromatic heterocycles. The smallest absolute Gasteiger partial charge is 0.277 e. The Morgan fingerprint density at radius 2 is 2.09 bits per heavy atom. The highest BCUT2D eigenvalue weighted by Gasteiger charge is 2.03. The predicted molar refractivity (Wildman–Crippen MR) is 93.1 cm³/mol. The van der Waals surface area contributed by atoms with Crippen LogP contribution in [0.2, 0.25) is 0 Å². The van der Waals surface area contributed by atoms with Crippen molar-refractivity contribution in [3.05, 3.63) is 58.1 Å². The topological polar surface area (TPSA) is 59.9 Å². The van der Waals surface area contributed by atoms with E-state index in [0.717, 1.165) is 15.6 Å². The van der Waals surface area contributed by atoms with Crippen LogP contribution in [0.3, 0.4) is 0 Å². The van der Waals surface area contributed by atoms with Gasteiger partial charge in [-0.15, -0.1) is 0 Å². The van der Waals surface area contributed by atoms with Gasteiger partial charge in [-0.2, -0.15) is 5.10 Å². The Balaban J connectivity index is 1.86. The highest BCUT2D eigenvalue weighted by atomic mass is 79.9. The van der Waals surface area contributed by atoms with Gasteiger partial charge in [0.05, 0.1) is 13.3 Å². The van der Waals surface area contributed by atoms with Crippen LogP contribution in [0.1, 0.15) is 11.1 Å². The number of nitrogens with zero attached hydrogens (tertiary/aromatic N) is 1. The molecule has 0 aliphatic carbocycles. The normalized spacial score (nSPS) is 10.6. The second-order valence-electron chi connectivity index (χ2n) is 4.79. The third-order valence-corrected chi connectivity index (χ3v) is 3.68. The minimum Gasteiger partial charge on any atom is -0.497 e. The van der Waals surface area contributed by atoms with E-state index in [-0.39, 0.29) is 12.5 Å². The fraction of sp³-hybridized carbons (Fsp3) is 0.176. The van der Waals surface area contributed by atoms with Crippen LogP contribution in [0.4, 0.5) is 0 Å². The minimum atomic E-state index is -0.332. The molecule has 0 spiro atoms. The minimum absolute atomic E-state index is 0.0971. The number of carbonyl (C=O) groups is 1. The van der Waals surface area contributed by atoms with Gasteiger partial charge in [0.15, 0.2) is 6.61 Å². The van der Waals surface area contributed by atoms with Gasteiger partial charge in [-0.1, -0.05) is 28.1 Å². The fourth-order valence-corrected chi connectivity index (χ4v) is 2.16. The number of carbonyl (C=O) groups excluding carboxylic acids is 1. The van der Waals surface area contributed by atoms with Crippen molar-refractivity contribution in [2.75, 3.05) is 13.7 Å². The molecule has 120 valence electrons. The number of benzene rings is 2. The molecule has 6 heteroatoms. The number of amides is 1. The number of rotatable bonds is 6. The van der Waals surface area contributed by atoms with E-state index in [1.54, 1.807) is 13.2 Å². The molecule has 2 aromatic rings. The molecule has 0 atom stereocenters. The highest BCUT2D eigenvalue weighted by molar-refractivity contribution is 9.10. The summed E-state index contributed by atoms with van der Waals surface area (Å²) in [6.45, 7) is 1.86. The monoisotopic (exact) mass is 376 g/mol. The van der Waals surface area contributed by atoms with Crippen LogP contribution in [0, 0.1) is 6.92 Å². The van der Waals surface area contributed by atoms with Crippen LogP contribution in [-0.2, 0) is 4.79 Å². The zero-order chi connectivity index (χ0) is 16.7. The van der Waals surface area contributed by atoms with Gasteiger partial charge in [-0.05, 0) is 42.8 Å². The Morgan fingerprint density at radius 1 is 1.26 bits per heavy atom. The van der Waals surface area contributed by atoms with Crippen LogP contribution >= 0.6 is 15.9 Å². The van der Waals surface area contributed by atoms with E-state index in [1.165, 1.54) is 6.21 Å². The number of hydrazone groups is 1. The van der Waals surface area contributed by atoms with Crippen LogP contribution < -0.4 is 14.9 Å². The molecular weight excluding hydrogens is 360 g/mol. The number of hydrogen-bond acceptors (Lipinski definition) is 4. The van der Waals surface area contributed by atoms with Gasteiger partial charge >= 0.3 is 0 Å². The quantitative estimate of drug-likeness (QED) is 0.621. The Labute approximate surface area is 143 Å². The molecule has 1 N–H and O–H groups in total. The van der Waals surface area contributed by atoms with Crippen LogP contribution in [0.15, 0.2) is 52.0 Å². The van der Waals surface area contributed by atoms with Crippen molar-refractivity contribution in [2.45, 2.75) is 6.92 Å². The van der Waals surface area contributed by atoms with Crippen molar-refractivity contribution in [1.29, 1.82) is 0 Å². The lowest BCUT2D eigenvalue weighted by Gasteiger charge is -2.06. The number of halogens is 1. The van der Waals surface area contributed by atoms with E-state index in [1.807, 2.05) is 43.3 Å². The maximum absolute atomic E-state index is 11.7. The van der Waals surface area contributed by atoms with Gasteiger partial charge in [0.1, 0.15) is 11.5 Å². The summed E-state index contributed by atoms with van der Waals surface area (Å²) >= 11 is 3.41. The molecular formula is C17H17BrN2O3. The van der Waals surface area contributed by atoms with Crippen molar-refractivity contribution in [2.24, 2.45) is 5.10 Å². The first kappa shape index (κ1) is 17.0. The Kier molecular flexibility index (Phi) is 6.17. The zero-order valence-corrected chi connectivity index (χ0v) is 14.5. The molecule has 0 aliphatic heterocycles. The number of nitrogens with one attached hydrogen (secondary N) is 1. The van der Waals surface area contributed by atoms with Gasteiger partial charge in [0.25, 0.3) is 5.91 Å². The van der Waals surface area contributed by atoms with Crippen LogP contribution in [0.25, 0.3) is 0 Å². The summed E-state index contributed by atoms with van der Waals surface area (Å²) in [4.78, 5) is 11.7. The number of methoxy groups -OCH3 is 1. The van der Waals surface area contributed by atoms with E-state index < -0.39 is 0 Å². The molecule has 0 radical (unpaired) electrons. The first-order valence-corrected chi connectivity index (χ1v) is 7.72. The van der Waals surface area contributed by atoms with Crippen molar-refractivity contribution < 1.29 is 14.3 Å². The third kappa shape index (κ3) is 5.41. The molecule has 23 heavy (non-hydrogen) atoms. The van der Waals surface area contributed by atoms with Gasteiger partial charge in [0.2, 0.25) is 0 Å². The van der Waals surface area contributed by atoms with Gasteiger partial charge in [-0.25, -0.2) is 5.43 Å². The summed E-state index contributed by atoms with van der Waals surface area (Å²) in [5.41, 5.74) is 4.29. The van der Waals surface area contributed by atoms with E-state index in [9.17, 15) is 4.79 Å². The van der Waals surface area contributed by atoms with E-state index in [4.69, 9.17) is 9.47 Å². The number of hydrogen-bond donors (Lipinski definition) is 1. The largest absolute Gasteiger partial charge is 0.497 e. The fourth-order valence-electron chi connectivity index (χ4n) is 1.81. The SMILES string of the molecule is COc1ccc(Br)c(C=NNC(=O)COc2cccc(C)c2)c1. The van der Waals surface area contributed by atoms with E-state index in [2.05, 4.69) is 26.5 Å². The Bertz CT molecular complexity index is 717. The van der Waals surface area contributed by atoms with Crippen molar-refractivity contribution in [3.63, 3.8) is 0 Å². The first-order valence-electron chi connectivity index (χ1n) is 6.93. The molecule has 0 heterocycles. The Hall–Kier alpha value is -2.34. The summed E-state index contributed by atoms with van der Waals surface area (Å²) in [6, 6.07) is 13.0. The molecule has 0 aliphatic rings. The number of aryl methyl sites for hydroxylation is 1. The molecule has 5 nitrogen and oxygen atoms in total. The maximum atomic E-state index is 11.7. The van der Waals surface area contributed by atoms with Crippen molar-refractivity contribution in [1.82, 2.24) is 5.43 Å². The lowest BCUT2D eigenvalue weighted by atomic mass is 10.2. The zero-order valence-electron chi connectivity index (χ0n) is 12.9. The average Bonchev–Trinajstić information content (AvgIpc) is 2.55. The summed E-state index contributed by atoms with van der Waals surface area (Å²) in [5, 5.41) is 3.92. The van der Waals surface area contributed by atoms with Gasteiger partial charge in [-0.3, -0.25) is 4.79 Å². The van der Waals surface area contributed by atoms with Gasteiger partial charge < -0.3 is 9.47 Å². The molecule has 0 saturated carbocycles. The van der Waals surface area contributed by atoms with E-state index in [0.29, 0.717) is 11.5 Å². The molecule has 0 unspecified atom stereocenters. The Morgan fingerprint density at radius 3 is 2.83 bits per heavy atom. The van der Waals surface area contributed by atoms with E-state index >= 15 is 0 Å². The summed E-state index contributed by atoms with van der Waals surface area (Å²) < 4.78 is 11.4. The molecule has 0 saturated heterocycles. The van der Waals surface area contributed by atoms with Crippen molar-refractivity contribution in [3.8, 4) is 11.5 Å². The lowest BCUT2D eigenvalue weighted by Crippen LogP contribution is -2.24. The lowest BCUT2D eigenvalue weighted by molar-refractivity contribution is -0.123. The molecule has 1 amide bonds. The molecule has 0 bridgehead atoms. The first-order chi connectivity index (χ1) is 11.1. The van der Waals surface area contributed by atoms with Crippen molar-refractivity contribution >= 4 is 28.1 Å². The molecule has 2 aromatic carbocycles.